The van der Waals surface area contributed by atoms with Gasteiger partial charge < -0.3 is 4.98 Å². The molecule has 2 aromatic heterocycles. The predicted molar refractivity (Wildman–Crippen MR) is 84.2 cm³/mol. The van der Waals surface area contributed by atoms with E-state index < -0.39 is 0 Å². The fourth-order valence-electron chi connectivity index (χ4n) is 1.88. The molecule has 6 nitrogen and oxygen atoms in total. The molecule has 0 unspecified atom stereocenters. The van der Waals surface area contributed by atoms with Gasteiger partial charge in [-0.05, 0) is 40.2 Å². The summed E-state index contributed by atoms with van der Waals surface area (Å²) >= 11 is 9.29. The second-order valence-corrected chi connectivity index (χ2v) is 5.39. The van der Waals surface area contributed by atoms with Crippen LogP contribution in [0.25, 0.3) is 11.2 Å². The SMILES string of the molecule is ONC(=Nc1ccc(Cl)c(Br)c1)c1ccnc2nc[nH]c12. The number of aromatic amines is 1. The van der Waals surface area contributed by atoms with E-state index >= 15 is 0 Å². The summed E-state index contributed by atoms with van der Waals surface area (Å²) in [4.78, 5) is 15.5. The Kier molecular flexibility index (Phi) is 3.87. The van der Waals surface area contributed by atoms with E-state index in [0.29, 0.717) is 27.4 Å². The molecule has 8 heteroatoms. The molecule has 0 saturated carbocycles. The summed E-state index contributed by atoms with van der Waals surface area (Å²) in [5.74, 6) is 0.279. The highest BCUT2D eigenvalue weighted by atomic mass is 79.9. The maximum atomic E-state index is 9.39. The molecule has 0 atom stereocenters. The molecule has 1 aromatic carbocycles. The van der Waals surface area contributed by atoms with E-state index in [1.807, 2.05) is 0 Å². The number of hydrogen-bond donors (Lipinski definition) is 3. The zero-order chi connectivity index (χ0) is 14.8. The summed E-state index contributed by atoms with van der Waals surface area (Å²) in [5.41, 5.74) is 4.63. The maximum absolute atomic E-state index is 9.39. The normalized spacial score (nSPS) is 11.9. The molecular weight excluding hydrogens is 358 g/mol. The lowest BCUT2D eigenvalue weighted by molar-refractivity contribution is 0.235. The van der Waals surface area contributed by atoms with E-state index in [4.69, 9.17) is 11.6 Å². The van der Waals surface area contributed by atoms with Crippen LogP contribution in [-0.4, -0.2) is 26.0 Å². The quantitative estimate of drug-likeness (QED) is 0.368. The van der Waals surface area contributed by atoms with Gasteiger partial charge in [0.25, 0.3) is 0 Å². The number of hydroxylamine groups is 1. The molecule has 0 fully saturated rings. The van der Waals surface area contributed by atoms with Crippen molar-refractivity contribution in [3.05, 3.63) is 51.8 Å². The van der Waals surface area contributed by atoms with Crippen LogP contribution in [0, 0.1) is 0 Å². The first-order valence-corrected chi connectivity index (χ1v) is 7.08. The van der Waals surface area contributed by atoms with Crippen LogP contribution in [0.4, 0.5) is 5.69 Å². The van der Waals surface area contributed by atoms with E-state index in [1.54, 1.807) is 30.5 Å². The first-order valence-electron chi connectivity index (χ1n) is 5.91. The number of nitrogens with zero attached hydrogens (tertiary/aromatic N) is 3. The summed E-state index contributed by atoms with van der Waals surface area (Å²) in [7, 11) is 0. The van der Waals surface area contributed by atoms with Gasteiger partial charge in [-0.3, -0.25) is 10.7 Å². The fraction of sp³-hybridized carbons (Fsp3) is 0. The van der Waals surface area contributed by atoms with Crippen molar-refractivity contribution in [1.82, 2.24) is 20.4 Å². The van der Waals surface area contributed by atoms with Gasteiger partial charge >= 0.3 is 0 Å². The minimum Gasteiger partial charge on any atom is -0.343 e. The summed E-state index contributed by atoms with van der Waals surface area (Å²) in [6.45, 7) is 0. The average molecular weight is 367 g/mol. The Labute approximate surface area is 133 Å². The zero-order valence-electron chi connectivity index (χ0n) is 10.5. The number of amidine groups is 1. The smallest absolute Gasteiger partial charge is 0.178 e. The van der Waals surface area contributed by atoms with Crippen LogP contribution < -0.4 is 5.48 Å². The Hall–Kier alpha value is -1.96. The van der Waals surface area contributed by atoms with Crippen molar-refractivity contribution in [2.45, 2.75) is 0 Å². The molecule has 0 bridgehead atoms. The fourth-order valence-corrected chi connectivity index (χ4v) is 2.36. The van der Waals surface area contributed by atoms with Crippen LogP contribution in [0.1, 0.15) is 5.56 Å². The second kappa shape index (κ2) is 5.80. The molecule has 0 radical (unpaired) electrons. The largest absolute Gasteiger partial charge is 0.343 e. The Morgan fingerprint density at radius 3 is 2.95 bits per heavy atom. The van der Waals surface area contributed by atoms with E-state index in [1.165, 1.54) is 6.33 Å². The molecule has 0 amide bonds. The molecule has 0 aliphatic heterocycles. The van der Waals surface area contributed by atoms with E-state index in [9.17, 15) is 5.21 Å². The van der Waals surface area contributed by atoms with Crippen molar-refractivity contribution in [3.8, 4) is 0 Å². The minimum atomic E-state index is 0.279. The molecule has 3 rings (SSSR count). The molecule has 2 heterocycles. The summed E-state index contributed by atoms with van der Waals surface area (Å²) in [5, 5.41) is 9.98. The Balaban J connectivity index is 2.11. The lowest BCUT2D eigenvalue weighted by Crippen LogP contribution is -2.20. The van der Waals surface area contributed by atoms with Gasteiger partial charge in [0, 0.05) is 16.2 Å². The number of imidazole rings is 1. The molecule has 0 aliphatic rings. The Bertz CT molecular complexity index is 832. The lowest BCUT2D eigenvalue weighted by atomic mass is 10.2. The number of pyridine rings is 1. The number of aliphatic imine (C=N–C) groups is 1. The third kappa shape index (κ3) is 2.76. The zero-order valence-corrected chi connectivity index (χ0v) is 12.9. The van der Waals surface area contributed by atoms with Crippen LogP contribution >= 0.6 is 27.5 Å². The van der Waals surface area contributed by atoms with Gasteiger partial charge in [0.2, 0.25) is 0 Å². The number of aromatic nitrogens is 3. The standard InChI is InChI=1S/C13H9BrClN5O/c14-9-5-7(1-2-10(9)15)19-12(20-21)8-3-4-16-13-11(8)17-6-18-13/h1-6,21H,(H,19,20)(H,16,17,18). The first-order chi connectivity index (χ1) is 10.2. The number of fused-ring (bicyclic) bond motifs is 1. The van der Waals surface area contributed by atoms with E-state index in [0.717, 1.165) is 4.47 Å². The van der Waals surface area contributed by atoms with Crippen molar-refractivity contribution < 1.29 is 5.21 Å². The van der Waals surface area contributed by atoms with Gasteiger partial charge in [0.15, 0.2) is 11.5 Å². The highest BCUT2D eigenvalue weighted by Crippen LogP contribution is 2.27. The van der Waals surface area contributed by atoms with E-state index in [-0.39, 0.29) is 5.84 Å². The van der Waals surface area contributed by atoms with Gasteiger partial charge in [-0.1, -0.05) is 11.6 Å². The van der Waals surface area contributed by atoms with E-state index in [2.05, 4.69) is 41.4 Å². The molecule has 106 valence electrons. The number of hydrogen-bond acceptors (Lipinski definition) is 4. The minimum absolute atomic E-state index is 0.279. The highest BCUT2D eigenvalue weighted by Gasteiger charge is 2.10. The highest BCUT2D eigenvalue weighted by molar-refractivity contribution is 9.10. The van der Waals surface area contributed by atoms with Crippen LogP contribution in [0.2, 0.25) is 5.02 Å². The van der Waals surface area contributed by atoms with Crippen molar-refractivity contribution >= 4 is 50.2 Å². The molecule has 21 heavy (non-hydrogen) atoms. The molecule has 3 N–H and O–H groups in total. The van der Waals surface area contributed by atoms with Crippen LogP contribution in [0.15, 0.2) is 46.3 Å². The molecule has 3 aromatic rings. The molecule has 0 saturated heterocycles. The van der Waals surface area contributed by atoms with Gasteiger partial charge in [-0.25, -0.2) is 15.0 Å². The first kappa shape index (κ1) is 14.0. The van der Waals surface area contributed by atoms with Gasteiger partial charge in [0.1, 0.15) is 0 Å². The second-order valence-electron chi connectivity index (χ2n) is 4.13. The monoisotopic (exact) mass is 365 g/mol. The average Bonchev–Trinajstić information content (AvgIpc) is 2.97. The predicted octanol–water partition coefficient (Wildman–Crippen LogP) is 3.43. The van der Waals surface area contributed by atoms with Crippen LogP contribution in [0.3, 0.4) is 0 Å². The van der Waals surface area contributed by atoms with Gasteiger partial charge in [-0.2, -0.15) is 0 Å². The molecule has 0 aliphatic carbocycles. The lowest BCUT2D eigenvalue weighted by Gasteiger charge is -2.06. The van der Waals surface area contributed by atoms with Gasteiger partial charge in [-0.15, -0.1) is 0 Å². The third-order valence-electron chi connectivity index (χ3n) is 2.83. The maximum Gasteiger partial charge on any atom is 0.178 e. The number of halogens is 2. The number of H-pyrrole nitrogens is 1. The Morgan fingerprint density at radius 1 is 1.33 bits per heavy atom. The Morgan fingerprint density at radius 2 is 2.19 bits per heavy atom. The summed E-state index contributed by atoms with van der Waals surface area (Å²) in [6.07, 6.45) is 3.14. The number of benzene rings is 1. The van der Waals surface area contributed by atoms with Crippen molar-refractivity contribution in [1.29, 1.82) is 0 Å². The van der Waals surface area contributed by atoms with Crippen LogP contribution in [-0.2, 0) is 0 Å². The van der Waals surface area contributed by atoms with Crippen molar-refractivity contribution in [2.24, 2.45) is 4.99 Å². The van der Waals surface area contributed by atoms with Crippen LogP contribution in [0.5, 0.6) is 0 Å². The van der Waals surface area contributed by atoms with Gasteiger partial charge in [0.05, 0.1) is 22.6 Å². The van der Waals surface area contributed by atoms with Crippen molar-refractivity contribution in [3.63, 3.8) is 0 Å². The number of rotatable bonds is 2. The third-order valence-corrected chi connectivity index (χ3v) is 4.05. The van der Waals surface area contributed by atoms with Crippen molar-refractivity contribution in [2.75, 3.05) is 0 Å². The summed E-state index contributed by atoms with van der Waals surface area (Å²) < 4.78 is 0.726. The topological polar surface area (TPSA) is 86.2 Å². The molecular formula is C13H9BrClN5O. The molecule has 0 spiro atoms. The summed E-state index contributed by atoms with van der Waals surface area (Å²) in [6, 6.07) is 6.95. The number of nitrogens with one attached hydrogen (secondary N) is 2.